The van der Waals surface area contributed by atoms with E-state index in [4.69, 9.17) is 10.9 Å². The molecule has 110 valence electrons. The summed E-state index contributed by atoms with van der Waals surface area (Å²) in [7, 11) is 0. The van der Waals surface area contributed by atoms with Crippen LogP contribution in [0.15, 0.2) is 46.0 Å². The summed E-state index contributed by atoms with van der Waals surface area (Å²) in [6, 6.07) is 10.2. The Kier molecular flexibility index (Phi) is 4.80. The number of hydrogen-bond donors (Lipinski definition) is 3. The summed E-state index contributed by atoms with van der Waals surface area (Å²) in [5.41, 5.74) is 8.59. The van der Waals surface area contributed by atoms with E-state index in [0.29, 0.717) is 17.7 Å². The lowest BCUT2D eigenvalue weighted by Crippen LogP contribution is -2.14. The molecule has 2 aromatic carbocycles. The molecule has 0 spiro atoms. The molecule has 0 radical (unpaired) electrons. The molecule has 0 saturated carbocycles. The lowest BCUT2D eigenvalue weighted by atomic mass is 10.1. The molecule has 4 nitrogen and oxygen atoms in total. The topological polar surface area (TPSA) is 70.6 Å². The molecule has 4 N–H and O–H groups in total. The molecule has 0 aliphatic carbocycles. The summed E-state index contributed by atoms with van der Waals surface area (Å²) in [4.78, 5) is 0. The van der Waals surface area contributed by atoms with Gasteiger partial charge in [-0.1, -0.05) is 11.2 Å². The van der Waals surface area contributed by atoms with Crippen molar-refractivity contribution in [3.63, 3.8) is 0 Å². The van der Waals surface area contributed by atoms with Crippen LogP contribution in [0.2, 0.25) is 0 Å². The van der Waals surface area contributed by atoms with Crippen molar-refractivity contribution in [3.05, 3.63) is 63.4 Å². The van der Waals surface area contributed by atoms with Crippen LogP contribution in [0.1, 0.15) is 16.7 Å². The number of amidine groups is 1. The first-order valence-electron chi connectivity index (χ1n) is 6.27. The first-order valence-corrected chi connectivity index (χ1v) is 7.06. The van der Waals surface area contributed by atoms with Gasteiger partial charge in [-0.05, 0) is 64.3 Å². The molecule has 0 unspecified atom stereocenters. The second-order valence-electron chi connectivity index (χ2n) is 4.67. The van der Waals surface area contributed by atoms with Gasteiger partial charge < -0.3 is 16.3 Å². The molecular formula is C15H15BrFN3O. The highest BCUT2D eigenvalue weighted by molar-refractivity contribution is 9.10. The Bertz CT molecular complexity index is 689. The second kappa shape index (κ2) is 6.58. The maximum atomic E-state index is 13.6. The smallest absolute Gasteiger partial charge is 0.170 e. The van der Waals surface area contributed by atoms with Crippen LogP contribution in [0, 0.1) is 12.7 Å². The van der Waals surface area contributed by atoms with Crippen LogP contribution in [-0.2, 0) is 6.54 Å². The Labute approximate surface area is 130 Å². The molecule has 0 aliphatic rings. The fourth-order valence-corrected chi connectivity index (χ4v) is 2.55. The van der Waals surface area contributed by atoms with Gasteiger partial charge in [-0.15, -0.1) is 0 Å². The number of aryl methyl sites for hydroxylation is 1. The molecule has 0 aliphatic heterocycles. The van der Waals surface area contributed by atoms with Crippen molar-refractivity contribution >= 4 is 27.5 Å². The average Bonchev–Trinajstić information content (AvgIpc) is 2.45. The van der Waals surface area contributed by atoms with E-state index in [0.717, 1.165) is 15.7 Å². The molecule has 0 saturated heterocycles. The lowest BCUT2D eigenvalue weighted by molar-refractivity contribution is 0.318. The quantitative estimate of drug-likeness (QED) is 0.341. The minimum Gasteiger partial charge on any atom is -0.409 e. The average molecular weight is 352 g/mol. The highest BCUT2D eigenvalue weighted by Crippen LogP contribution is 2.24. The number of oxime groups is 1. The third-order valence-electron chi connectivity index (χ3n) is 2.97. The van der Waals surface area contributed by atoms with Gasteiger partial charge in [0.2, 0.25) is 0 Å². The van der Waals surface area contributed by atoms with E-state index in [1.807, 2.05) is 25.1 Å². The summed E-state index contributed by atoms with van der Waals surface area (Å²) >= 11 is 3.48. The van der Waals surface area contributed by atoms with Gasteiger partial charge in [0, 0.05) is 22.3 Å². The van der Waals surface area contributed by atoms with Crippen molar-refractivity contribution in [3.8, 4) is 0 Å². The summed E-state index contributed by atoms with van der Waals surface area (Å²) < 4.78 is 14.5. The van der Waals surface area contributed by atoms with Crippen molar-refractivity contribution in [2.45, 2.75) is 13.5 Å². The molecule has 0 bridgehead atoms. The van der Waals surface area contributed by atoms with Crippen molar-refractivity contribution in [2.24, 2.45) is 10.9 Å². The number of halogens is 2. The Morgan fingerprint density at radius 3 is 2.76 bits per heavy atom. The maximum Gasteiger partial charge on any atom is 0.170 e. The largest absolute Gasteiger partial charge is 0.409 e. The minimum atomic E-state index is -0.432. The molecule has 0 atom stereocenters. The van der Waals surface area contributed by atoms with Gasteiger partial charge in [-0.25, -0.2) is 4.39 Å². The van der Waals surface area contributed by atoms with Crippen LogP contribution >= 0.6 is 15.9 Å². The van der Waals surface area contributed by atoms with Crippen molar-refractivity contribution < 1.29 is 9.60 Å². The molecular weight excluding hydrogens is 337 g/mol. The summed E-state index contributed by atoms with van der Waals surface area (Å²) in [6.45, 7) is 2.43. The number of nitrogens with zero attached hydrogens (tertiary/aromatic N) is 1. The van der Waals surface area contributed by atoms with Gasteiger partial charge in [0.1, 0.15) is 5.82 Å². The Hall–Kier alpha value is -2.08. The van der Waals surface area contributed by atoms with E-state index in [9.17, 15) is 4.39 Å². The Morgan fingerprint density at radius 1 is 1.33 bits per heavy atom. The number of benzene rings is 2. The minimum absolute atomic E-state index is 0.118. The third kappa shape index (κ3) is 3.95. The van der Waals surface area contributed by atoms with E-state index >= 15 is 0 Å². The second-order valence-corrected chi connectivity index (χ2v) is 5.52. The normalized spacial score (nSPS) is 11.5. The standard InChI is InChI=1S/C15H15BrFN3O/c1-9-2-3-14(13(16)4-9)19-8-10-5-11(15(18)20-21)7-12(17)6-10/h2-7,19,21H,8H2,1H3,(H2,18,20). The van der Waals surface area contributed by atoms with E-state index in [2.05, 4.69) is 26.4 Å². The molecule has 0 heterocycles. The Balaban J connectivity index is 2.18. The van der Waals surface area contributed by atoms with E-state index in [1.165, 1.54) is 12.1 Å². The third-order valence-corrected chi connectivity index (χ3v) is 3.62. The molecule has 21 heavy (non-hydrogen) atoms. The summed E-state index contributed by atoms with van der Waals surface area (Å²) in [6.07, 6.45) is 0. The van der Waals surface area contributed by atoms with Gasteiger partial charge in [0.05, 0.1) is 0 Å². The summed E-state index contributed by atoms with van der Waals surface area (Å²) in [5.74, 6) is -0.550. The number of anilines is 1. The predicted molar refractivity (Wildman–Crippen MR) is 85.1 cm³/mol. The van der Waals surface area contributed by atoms with Crippen LogP contribution in [0.3, 0.4) is 0 Å². The van der Waals surface area contributed by atoms with E-state index in [-0.39, 0.29) is 5.84 Å². The van der Waals surface area contributed by atoms with Crippen molar-refractivity contribution in [1.82, 2.24) is 0 Å². The van der Waals surface area contributed by atoms with Crippen molar-refractivity contribution in [2.75, 3.05) is 5.32 Å². The van der Waals surface area contributed by atoms with Gasteiger partial charge in [-0.2, -0.15) is 0 Å². The molecule has 2 aromatic rings. The molecule has 0 amide bonds. The molecule has 6 heteroatoms. The van der Waals surface area contributed by atoms with Crippen LogP contribution in [0.5, 0.6) is 0 Å². The number of nitrogens with two attached hydrogens (primary N) is 1. The molecule has 0 fully saturated rings. The Morgan fingerprint density at radius 2 is 2.10 bits per heavy atom. The van der Waals surface area contributed by atoms with Gasteiger partial charge >= 0.3 is 0 Å². The van der Waals surface area contributed by atoms with Gasteiger partial charge in [0.25, 0.3) is 0 Å². The molecule has 0 aromatic heterocycles. The highest BCUT2D eigenvalue weighted by Gasteiger charge is 2.06. The van der Waals surface area contributed by atoms with Gasteiger partial charge in [0.15, 0.2) is 5.84 Å². The van der Waals surface area contributed by atoms with E-state index in [1.54, 1.807) is 6.07 Å². The van der Waals surface area contributed by atoms with Crippen LogP contribution in [0.4, 0.5) is 10.1 Å². The highest BCUT2D eigenvalue weighted by atomic mass is 79.9. The number of hydrogen-bond acceptors (Lipinski definition) is 3. The maximum absolute atomic E-state index is 13.6. The zero-order valence-electron chi connectivity index (χ0n) is 11.4. The fourth-order valence-electron chi connectivity index (χ4n) is 1.92. The zero-order valence-corrected chi connectivity index (χ0v) is 13.0. The first kappa shape index (κ1) is 15.3. The predicted octanol–water partition coefficient (Wildman–Crippen LogP) is 3.60. The van der Waals surface area contributed by atoms with Crippen molar-refractivity contribution in [1.29, 1.82) is 0 Å². The van der Waals surface area contributed by atoms with Crippen LogP contribution < -0.4 is 11.1 Å². The lowest BCUT2D eigenvalue weighted by Gasteiger charge is -2.10. The number of rotatable bonds is 4. The zero-order chi connectivity index (χ0) is 15.4. The monoisotopic (exact) mass is 351 g/mol. The number of nitrogens with one attached hydrogen (secondary N) is 1. The van der Waals surface area contributed by atoms with E-state index < -0.39 is 5.82 Å². The van der Waals surface area contributed by atoms with Gasteiger partial charge in [-0.3, -0.25) is 0 Å². The first-order chi connectivity index (χ1) is 9.99. The summed E-state index contributed by atoms with van der Waals surface area (Å²) in [5, 5.41) is 14.8. The van der Waals surface area contributed by atoms with Crippen LogP contribution in [0.25, 0.3) is 0 Å². The fraction of sp³-hybridized carbons (Fsp3) is 0.133. The van der Waals surface area contributed by atoms with Crippen LogP contribution in [-0.4, -0.2) is 11.0 Å². The SMILES string of the molecule is Cc1ccc(NCc2cc(F)cc(/C(N)=N/O)c2)c(Br)c1. The molecule has 2 rings (SSSR count).